The molecule has 6 nitrogen and oxygen atoms in total. The molecule has 0 bridgehead atoms. The summed E-state index contributed by atoms with van der Waals surface area (Å²) in [4.78, 5) is 37.9. The van der Waals surface area contributed by atoms with Crippen LogP contribution in [0.3, 0.4) is 0 Å². The first kappa shape index (κ1) is 57.4. The van der Waals surface area contributed by atoms with Crippen molar-refractivity contribution in [3.63, 3.8) is 0 Å². The fraction of sp³-hybridized carbons (Fsp3) is 0.943. The summed E-state index contributed by atoms with van der Waals surface area (Å²) < 4.78 is 16.8. The molecule has 350 valence electrons. The van der Waals surface area contributed by atoms with E-state index < -0.39 is 6.10 Å². The van der Waals surface area contributed by atoms with E-state index in [4.69, 9.17) is 14.2 Å². The molecule has 59 heavy (non-hydrogen) atoms. The van der Waals surface area contributed by atoms with Gasteiger partial charge in [-0.3, -0.25) is 14.4 Å². The van der Waals surface area contributed by atoms with Crippen LogP contribution < -0.4 is 0 Å². The molecule has 0 radical (unpaired) electrons. The number of hydrogen-bond donors (Lipinski definition) is 0. The molecule has 6 heteroatoms. The fourth-order valence-corrected chi connectivity index (χ4v) is 8.04. The van der Waals surface area contributed by atoms with Crippen LogP contribution in [0.25, 0.3) is 0 Å². The maximum Gasteiger partial charge on any atom is 0.306 e. The lowest BCUT2D eigenvalue weighted by atomic mass is 10.0. The van der Waals surface area contributed by atoms with Gasteiger partial charge < -0.3 is 14.2 Å². The topological polar surface area (TPSA) is 78.9 Å². The monoisotopic (exact) mass is 835 g/mol. The van der Waals surface area contributed by atoms with Crippen molar-refractivity contribution in [1.82, 2.24) is 0 Å². The molecule has 0 amide bonds. The van der Waals surface area contributed by atoms with Gasteiger partial charge in [-0.05, 0) is 25.2 Å². The largest absolute Gasteiger partial charge is 0.462 e. The summed E-state index contributed by atoms with van der Waals surface area (Å²) in [6, 6.07) is 0. The Morgan fingerprint density at radius 1 is 0.322 bits per heavy atom. The Labute approximate surface area is 368 Å². The SMILES string of the molecule is CCCCCCCCCCCCCCCCCC(=O)O[C@H](COC(=O)CCCCCCCCCCCCC)COC(=O)CCCCCCCCCCCCCCC(C)C. The zero-order valence-corrected chi connectivity index (χ0v) is 40.2. The van der Waals surface area contributed by atoms with Crippen molar-refractivity contribution in [2.45, 2.75) is 303 Å². The molecule has 0 spiro atoms. The van der Waals surface area contributed by atoms with Crippen molar-refractivity contribution >= 4 is 17.9 Å². The summed E-state index contributed by atoms with van der Waals surface area (Å²) in [5, 5.41) is 0. The summed E-state index contributed by atoms with van der Waals surface area (Å²) >= 11 is 0. The van der Waals surface area contributed by atoms with E-state index in [1.807, 2.05) is 0 Å². The van der Waals surface area contributed by atoms with Gasteiger partial charge in [0.1, 0.15) is 13.2 Å². The van der Waals surface area contributed by atoms with Gasteiger partial charge in [0.2, 0.25) is 0 Å². The maximum atomic E-state index is 12.8. The molecule has 0 aliphatic heterocycles. The van der Waals surface area contributed by atoms with E-state index in [9.17, 15) is 14.4 Å². The van der Waals surface area contributed by atoms with E-state index in [0.717, 1.165) is 63.7 Å². The fourth-order valence-electron chi connectivity index (χ4n) is 8.04. The highest BCUT2D eigenvalue weighted by molar-refractivity contribution is 5.71. The molecule has 0 aromatic heterocycles. The second kappa shape index (κ2) is 47.5. The van der Waals surface area contributed by atoms with Gasteiger partial charge in [0.15, 0.2) is 6.10 Å². The third kappa shape index (κ3) is 47.3. The van der Waals surface area contributed by atoms with Crippen LogP contribution in [0.2, 0.25) is 0 Å². The van der Waals surface area contributed by atoms with Gasteiger partial charge in [0, 0.05) is 19.3 Å². The number of unbranched alkanes of at least 4 members (excludes halogenated alkanes) is 35. The molecular formula is C53H102O6. The zero-order chi connectivity index (χ0) is 43.1. The van der Waals surface area contributed by atoms with Crippen molar-refractivity contribution in [2.24, 2.45) is 5.92 Å². The lowest BCUT2D eigenvalue weighted by molar-refractivity contribution is -0.167. The summed E-state index contributed by atoms with van der Waals surface area (Å²) in [5.41, 5.74) is 0. The average molecular weight is 835 g/mol. The molecule has 0 heterocycles. The molecule has 0 fully saturated rings. The van der Waals surface area contributed by atoms with Crippen molar-refractivity contribution in [3.8, 4) is 0 Å². The standard InChI is InChI=1S/C53H102O6/c1-5-7-9-11-13-15-17-18-19-20-26-30-34-38-42-46-53(56)59-50(47-57-51(54)44-40-36-32-28-23-16-14-12-10-8-6-2)48-58-52(55)45-41-37-33-29-25-22-21-24-27-31-35-39-43-49(3)4/h49-50H,5-48H2,1-4H3/t50-/m1/s1. The van der Waals surface area contributed by atoms with E-state index in [1.165, 1.54) is 193 Å². The molecule has 0 unspecified atom stereocenters. The van der Waals surface area contributed by atoms with Crippen molar-refractivity contribution in [3.05, 3.63) is 0 Å². The van der Waals surface area contributed by atoms with Crippen LogP contribution in [0, 0.1) is 5.92 Å². The Kier molecular flexibility index (Phi) is 46.2. The average Bonchev–Trinajstić information content (AvgIpc) is 3.22. The van der Waals surface area contributed by atoms with Gasteiger partial charge in [-0.1, -0.05) is 259 Å². The van der Waals surface area contributed by atoms with Crippen LogP contribution in [-0.2, 0) is 28.6 Å². The van der Waals surface area contributed by atoms with E-state index in [2.05, 4.69) is 27.7 Å². The summed E-state index contributed by atoms with van der Waals surface area (Å²) in [5.74, 6) is -0.00907. The minimum absolute atomic E-state index is 0.0626. The summed E-state index contributed by atoms with van der Waals surface area (Å²) in [7, 11) is 0. The van der Waals surface area contributed by atoms with Crippen LogP contribution in [0.4, 0.5) is 0 Å². The third-order valence-electron chi connectivity index (χ3n) is 12.0. The Hall–Kier alpha value is -1.59. The van der Waals surface area contributed by atoms with Gasteiger partial charge in [0.25, 0.3) is 0 Å². The Bertz CT molecular complexity index is 887. The normalized spacial score (nSPS) is 11.9. The van der Waals surface area contributed by atoms with Crippen molar-refractivity contribution in [2.75, 3.05) is 13.2 Å². The van der Waals surface area contributed by atoms with E-state index in [0.29, 0.717) is 19.3 Å². The molecule has 0 N–H and O–H groups in total. The van der Waals surface area contributed by atoms with Crippen LogP contribution in [0.15, 0.2) is 0 Å². The Balaban J connectivity index is 4.30. The molecule has 1 atom stereocenters. The van der Waals surface area contributed by atoms with Gasteiger partial charge in [-0.2, -0.15) is 0 Å². The third-order valence-corrected chi connectivity index (χ3v) is 12.0. The molecule has 0 aliphatic carbocycles. The minimum Gasteiger partial charge on any atom is -0.462 e. The highest BCUT2D eigenvalue weighted by Crippen LogP contribution is 2.17. The van der Waals surface area contributed by atoms with E-state index in [1.54, 1.807) is 0 Å². The first-order valence-electron chi connectivity index (χ1n) is 26.4. The van der Waals surface area contributed by atoms with Crippen LogP contribution in [0.5, 0.6) is 0 Å². The predicted octanol–water partition coefficient (Wildman–Crippen LogP) is 17.1. The van der Waals surface area contributed by atoms with Crippen LogP contribution in [0.1, 0.15) is 297 Å². The highest BCUT2D eigenvalue weighted by atomic mass is 16.6. The molecule has 0 saturated heterocycles. The molecular weight excluding hydrogens is 733 g/mol. The lowest BCUT2D eigenvalue weighted by Crippen LogP contribution is -2.30. The Morgan fingerprint density at radius 2 is 0.559 bits per heavy atom. The summed E-state index contributed by atoms with van der Waals surface area (Å²) in [6.45, 7) is 9.03. The summed E-state index contributed by atoms with van der Waals surface area (Å²) in [6.07, 6.45) is 49.4. The number of esters is 3. The van der Waals surface area contributed by atoms with Crippen LogP contribution in [-0.4, -0.2) is 37.2 Å². The predicted molar refractivity (Wildman–Crippen MR) is 252 cm³/mol. The van der Waals surface area contributed by atoms with Crippen molar-refractivity contribution in [1.29, 1.82) is 0 Å². The molecule has 0 aromatic carbocycles. The van der Waals surface area contributed by atoms with Crippen LogP contribution >= 0.6 is 0 Å². The number of carbonyl (C=O) groups excluding carboxylic acids is 3. The zero-order valence-electron chi connectivity index (χ0n) is 40.2. The number of ether oxygens (including phenoxy) is 3. The first-order chi connectivity index (χ1) is 28.9. The van der Waals surface area contributed by atoms with Crippen molar-refractivity contribution < 1.29 is 28.6 Å². The Morgan fingerprint density at radius 3 is 0.831 bits per heavy atom. The van der Waals surface area contributed by atoms with E-state index >= 15 is 0 Å². The molecule has 0 aliphatic rings. The second-order valence-electron chi connectivity index (χ2n) is 18.6. The quantitative estimate of drug-likeness (QED) is 0.0345. The number of hydrogen-bond acceptors (Lipinski definition) is 6. The molecule has 0 aromatic rings. The van der Waals surface area contributed by atoms with Gasteiger partial charge >= 0.3 is 17.9 Å². The van der Waals surface area contributed by atoms with Gasteiger partial charge in [-0.15, -0.1) is 0 Å². The number of rotatable bonds is 48. The van der Waals surface area contributed by atoms with Gasteiger partial charge in [0.05, 0.1) is 0 Å². The highest BCUT2D eigenvalue weighted by Gasteiger charge is 2.19. The number of carbonyl (C=O) groups is 3. The lowest BCUT2D eigenvalue weighted by Gasteiger charge is -2.18. The minimum atomic E-state index is -0.760. The molecule has 0 saturated carbocycles. The smallest absolute Gasteiger partial charge is 0.306 e. The second-order valence-corrected chi connectivity index (χ2v) is 18.6. The maximum absolute atomic E-state index is 12.8. The van der Waals surface area contributed by atoms with Gasteiger partial charge in [-0.25, -0.2) is 0 Å². The first-order valence-corrected chi connectivity index (χ1v) is 26.4. The molecule has 0 rings (SSSR count). The van der Waals surface area contributed by atoms with E-state index in [-0.39, 0.29) is 31.1 Å².